The maximum absolute atomic E-state index is 13.0. The molecule has 2 aromatic rings. The monoisotopic (exact) mass is 432 g/mol. The van der Waals surface area contributed by atoms with Crippen LogP contribution in [0.25, 0.3) is 0 Å². The summed E-state index contributed by atoms with van der Waals surface area (Å²) in [6.07, 6.45) is 1.16. The van der Waals surface area contributed by atoms with Crippen LogP contribution in [0.5, 0.6) is 0 Å². The van der Waals surface area contributed by atoms with Crippen molar-refractivity contribution in [1.29, 1.82) is 0 Å². The van der Waals surface area contributed by atoms with E-state index in [4.69, 9.17) is 11.6 Å². The molecule has 1 atom stereocenters. The normalized spacial score (nSPS) is 11.9. The summed E-state index contributed by atoms with van der Waals surface area (Å²) in [5, 5.41) is 3.63. The van der Waals surface area contributed by atoms with Crippen molar-refractivity contribution in [2.24, 2.45) is 0 Å². The quantitative estimate of drug-likeness (QED) is 0.417. The minimum absolute atomic E-state index is 0.00281. The number of hydrogen-bond acceptors (Lipinski definition) is 3. The van der Waals surface area contributed by atoms with Crippen LogP contribution >= 0.6 is 23.4 Å². The molecule has 2 rings (SSSR count). The third-order valence-corrected chi connectivity index (χ3v) is 5.76. The molecule has 0 saturated carbocycles. The molecule has 0 bridgehead atoms. The highest BCUT2D eigenvalue weighted by Gasteiger charge is 2.26. The lowest BCUT2D eigenvalue weighted by Gasteiger charge is -2.29. The van der Waals surface area contributed by atoms with Crippen LogP contribution in [0.15, 0.2) is 59.5 Å². The molecule has 0 heterocycles. The van der Waals surface area contributed by atoms with Gasteiger partial charge in [0.05, 0.1) is 0 Å². The summed E-state index contributed by atoms with van der Waals surface area (Å²) in [6.45, 7) is 6.06. The van der Waals surface area contributed by atoms with Crippen molar-refractivity contribution < 1.29 is 9.59 Å². The number of amides is 2. The van der Waals surface area contributed by atoms with E-state index < -0.39 is 6.04 Å². The topological polar surface area (TPSA) is 49.4 Å². The summed E-state index contributed by atoms with van der Waals surface area (Å²) in [5.74, 6) is 0.704. The molecule has 6 heteroatoms. The average Bonchev–Trinajstić information content (AvgIpc) is 2.70. The van der Waals surface area contributed by atoms with E-state index >= 15 is 0 Å². The molecule has 0 fully saturated rings. The summed E-state index contributed by atoms with van der Waals surface area (Å²) in [6, 6.07) is 17.0. The number of nitrogens with zero attached hydrogens (tertiary/aromatic N) is 1. The molecular weight excluding hydrogens is 404 g/mol. The van der Waals surface area contributed by atoms with Gasteiger partial charge in [-0.3, -0.25) is 9.59 Å². The van der Waals surface area contributed by atoms with Crippen molar-refractivity contribution in [2.45, 2.75) is 57.1 Å². The lowest BCUT2D eigenvalue weighted by molar-refractivity contribution is -0.140. The zero-order chi connectivity index (χ0) is 21.2. The zero-order valence-electron chi connectivity index (χ0n) is 17.2. The maximum atomic E-state index is 13.0. The molecule has 2 amide bonds. The number of hydrogen-bond donors (Lipinski definition) is 1. The van der Waals surface area contributed by atoms with Crippen LogP contribution in [0, 0.1) is 0 Å². The molecule has 0 saturated heterocycles. The Kier molecular flexibility index (Phi) is 9.55. The Morgan fingerprint density at radius 1 is 1.03 bits per heavy atom. The van der Waals surface area contributed by atoms with E-state index in [-0.39, 0.29) is 17.9 Å². The van der Waals surface area contributed by atoms with E-state index in [9.17, 15) is 9.59 Å². The van der Waals surface area contributed by atoms with Crippen LogP contribution in [0.1, 0.15) is 39.2 Å². The van der Waals surface area contributed by atoms with Crippen LogP contribution in [-0.2, 0) is 16.1 Å². The lowest BCUT2D eigenvalue weighted by Crippen LogP contribution is -2.49. The van der Waals surface area contributed by atoms with Gasteiger partial charge in [-0.2, -0.15) is 0 Å². The van der Waals surface area contributed by atoms with E-state index in [0.717, 1.165) is 27.7 Å². The van der Waals surface area contributed by atoms with E-state index in [1.807, 2.05) is 68.4 Å². The van der Waals surface area contributed by atoms with Gasteiger partial charge in [-0.25, -0.2) is 0 Å². The van der Waals surface area contributed by atoms with Gasteiger partial charge in [-0.15, -0.1) is 11.8 Å². The Hall–Kier alpha value is -1.98. The number of carbonyl (C=O) groups is 2. The molecule has 4 nitrogen and oxygen atoms in total. The van der Waals surface area contributed by atoms with Gasteiger partial charge in [-0.05, 0) is 62.8 Å². The van der Waals surface area contributed by atoms with Crippen molar-refractivity contribution in [2.75, 3.05) is 5.75 Å². The molecule has 156 valence electrons. The summed E-state index contributed by atoms with van der Waals surface area (Å²) in [7, 11) is 0. The van der Waals surface area contributed by atoms with Crippen LogP contribution in [0.3, 0.4) is 0 Å². The van der Waals surface area contributed by atoms with Crippen molar-refractivity contribution in [1.82, 2.24) is 10.2 Å². The number of halogens is 1. The van der Waals surface area contributed by atoms with Gasteiger partial charge in [0, 0.05) is 28.9 Å². The molecule has 2 aromatic carbocycles. The molecule has 1 unspecified atom stereocenters. The second-order valence-corrected chi connectivity index (χ2v) is 8.86. The van der Waals surface area contributed by atoms with Crippen molar-refractivity contribution >= 4 is 35.2 Å². The van der Waals surface area contributed by atoms with Crippen molar-refractivity contribution in [3.05, 3.63) is 65.2 Å². The Balaban J connectivity index is 1.95. The van der Waals surface area contributed by atoms with Gasteiger partial charge in [0.2, 0.25) is 11.8 Å². The highest BCUT2D eigenvalue weighted by Crippen LogP contribution is 2.22. The highest BCUT2D eigenvalue weighted by molar-refractivity contribution is 7.99. The fourth-order valence-corrected chi connectivity index (χ4v) is 3.83. The van der Waals surface area contributed by atoms with Gasteiger partial charge in [-0.1, -0.05) is 41.9 Å². The highest BCUT2D eigenvalue weighted by atomic mass is 35.5. The minimum atomic E-state index is -0.519. The molecule has 0 spiro atoms. The SMILES string of the molecule is CC(C)NC(=O)C(C)N(Cc1ccccc1)C(=O)CCCSc1ccc(Cl)cc1. The Morgan fingerprint density at radius 2 is 1.69 bits per heavy atom. The molecule has 1 N–H and O–H groups in total. The van der Waals surface area contributed by atoms with Gasteiger partial charge >= 0.3 is 0 Å². The fourth-order valence-electron chi connectivity index (χ4n) is 2.86. The zero-order valence-corrected chi connectivity index (χ0v) is 18.8. The summed E-state index contributed by atoms with van der Waals surface area (Å²) >= 11 is 7.61. The Labute approximate surface area is 183 Å². The largest absolute Gasteiger partial charge is 0.352 e. The first-order valence-corrected chi connectivity index (χ1v) is 11.3. The number of thioether (sulfide) groups is 1. The first-order chi connectivity index (χ1) is 13.9. The molecule has 0 aliphatic carbocycles. The van der Waals surface area contributed by atoms with E-state index in [1.165, 1.54) is 0 Å². The molecule has 0 aromatic heterocycles. The summed E-state index contributed by atoms with van der Waals surface area (Å²) in [5.41, 5.74) is 1.01. The molecular formula is C23H29ClN2O2S. The number of carbonyl (C=O) groups excluding carboxylic acids is 2. The summed E-state index contributed by atoms with van der Waals surface area (Å²) in [4.78, 5) is 28.3. The third-order valence-electron chi connectivity index (χ3n) is 4.41. The minimum Gasteiger partial charge on any atom is -0.352 e. The third kappa shape index (κ3) is 8.11. The average molecular weight is 433 g/mol. The number of benzene rings is 2. The second-order valence-electron chi connectivity index (χ2n) is 7.25. The van der Waals surface area contributed by atoms with Crippen molar-refractivity contribution in [3.8, 4) is 0 Å². The van der Waals surface area contributed by atoms with Gasteiger partial charge < -0.3 is 10.2 Å². The second kappa shape index (κ2) is 11.9. The molecule has 0 aliphatic heterocycles. The first kappa shape index (κ1) is 23.3. The first-order valence-electron chi connectivity index (χ1n) is 9.89. The van der Waals surface area contributed by atoms with Gasteiger partial charge in [0.1, 0.15) is 6.04 Å². The standard InChI is InChI=1S/C23H29ClN2O2S/c1-17(2)25-23(28)18(3)26(16-19-8-5-4-6-9-19)22(27)10-7-15-29-21-13-11-20(24)12-14-21/h4-6,8-9,11-14,17-18H,7,10,15-16H2,1-3H3,(H,25,28). The predicted octanol–water partition coefficient (Wildman–Crippen LogP) is 5.15. The number of nitrogens with one attached hydrogen (secondary N) is 1. The van der Waals surface area contributed by atoms with Crippen LogP contribution in [-0.4, -0.2) is 34.6 Å². The van der Waals surface area contributed by atoms with Crippen molar-refractivity contribution in [3.63, 3.8) is 0 Å². The molecule has 29 heavy (non-hydrogen) atoms. The van der Waals surface area contributed by atoms with Gasteiger partial charge in [0.15, 0.2) is 0 Å². The Bertz CT molecular complexity index is 781. The van der Waals surface area contributed by atoms with E-state index in [1.54, 1.807) is 23.6 Å². The maximum Gasteiger partial charge on any atom is 0.242 e. The molecule has 0 aliphatic rings. The smallest absolute Gasteiger partial charge is 0.242 e. The lowest BCUT2D eigenvalue weighted by atomic mass is 10.1. The van der Waals surface area contributed by atoms with Crippen LogP contribution < -0.4 is 5.32 Å². The summed E-state index contributed by atoms with van der Waals surface area (Å²) < 4.78 is 0. The van der Waals surface area contributed by atoms with Gasteiger partial charge in [0.25, 0.3) is 0 Å². The fraction of sp³-hybridized carbons (Fsp3) is 0.391. The number of rotatable bonds is 10. The molecule has 0 radical (unpaired) electrons. The van der Waals surface area contributed by atoms with Crippen LogP contribution in [0.2, 0.25) is 5.02 Å². The van der Waals surface area contributed by atoms with E-state index in [2.05, 4.69) is 5.32 Å². The van der Waals surface area contributed by atoms with Crippen LogP contribution in [0.4, 0.5) is 0 Å². The Morgan fingerprint density at radius 3 is 2.31 bits per heavy atom. The van der Waals surface area contributed by atoms with E-state index in [0.29, 0.717) is 13.0 Å². The predicted molar refractivity (Wildman–Crippen MR) is 121 cm³/mol.